The van der Waals surface area contributed by atoms with E-state index in [2.05, 4.69) is 15.9 Å². The lowest BCUT2D eigenvalue weighted by Gasteiger charge is -2.05. The number of carbonyl (C=O) groups excluding carboxylic acids is 1. The maximum atomic E-state index is 13.2. The molecule has 0 bridgehead atoms. The summed E-state index contributed by atoms with van der Waals surface area (Å²) in [5, 5.41) is 2.15. The molecule has 0 radical (unpaired) electrons. The van der Waals surface area contributed by atoms with Crippen molar-refractivity contribution in [3.05, 3.63) is 82.1 Å². The van der Waals surface area contributed by atoms with Gasteiger partial charge in [-0.2, -0.15) is 0 Å². The lowest BCUT2D eigenvalue weighted by Crippen LogP contribution is -2.03. The first-order chi connectivity index (χ1) is 10.1. The fourth-order valence-corrected chi connectivity index (χ4v) is 2.73. The molecule has 0 aliphatic heterocycles. The summed E-state index contributed by atoms with van der Waals surface area (Å²) in [5.41, 5.74) is 1.47. The van der Waals surface area contributed by atoms with Gasteiger partial charge < -0.3 is 0 Å². The number of benzene rings is 3. The molecule has 3 aromatic carbocycles. The summed E-state index contributed by atoms with van der Waals surface area (Å²) in [6.45, 7) is 0. The van der Waals surface area contributed by atoms with Gasteiger partial charge in [-0.25, -0.2) is 4.39 Å². The van der Waals surface area contributed by atoms with Crippen molar-refractivity contribution in [2.45, 2.75) is 6.42 Å². The second kappa shape index (κ2) is 5.78. The van der Waals surface area contributed by atoms with E-state index in [0.717, 1.165) is 16.3 Å². The second-order valence-electron chi connectivity index (χ2n) is 4.91. The average Bonchev–Trinajstić information content (AvgIpc) is 2.50. The number of ketones is 1. The number of hydrogen-bond acceptors (Lipinski definition) is 1. The topological polar surface area (TPSA) is 17.1 Å². The van der Waals surface area contributed by atoms with E-state index < -0.39 is 0 Å². The van der Waals surface area contributed by atoms with E-state index in [0.29, 0.717) is 10.0 Å². The fraction of sp³-hybridized carbons (Fsp3) is 0.0556. The van der Waals surface area contributed by atoms with Crippen molar-refractivity contribution in [3.8, 4) is 0 Å². The van der Waals surface area contributed by atoms with Crippen LogP contribution in [0.2, 0.25) is 0 Å². The van der Waals surface area contributed by atoms with Crippen LogP contribution in [0.1, 0.15) is 15.9 Å². The highest BCUT2D eigenvalue weighted by atomic mass is 79.9. The molecular formula is C18H12BrFO. The summed E-state index contributed by atoms with van der Waals surface area (Å²) in [5.74, 6) is -0.295. The molecule has 0 aromatic heterocycles. The first kappa shape index (κ1) is 14.0. The Labute approximate surface area is 130 Å². The molecule has 1 nitrogen and oxygen atoms in total. The molecule has 0 spiro atoms. The van der Waals surface area contributed by atoms with Gasteiger partial charge in [-0.3, -0.25) is 4.79 Å². The van der Waals surface area contributed by atoms with Crippen molar-refractivity contribution in [2.24, 2.45) is 0 Å². The van der Waals surface area contributed by atoms with Crippen molar-refractivity contribution in [3.63, 3.8) is 0 Å². The van der Waals surface area contributed by atoms with Crippen molar-refractivity contribution in [1.82, 2.24) is 0 Å². The predicted octanol–water partition coefficient (Wildman–Crippen LogP) is 5.17. The van der Waals surface area contributed by atoms with Crippen LogP contribution in [-0.4, -0.2) is 5.78 Å². The Morgan fingerprint density at radius 1 is 0.952 bits per heavy atom. The van der Waals surface area contributed by atoms with Crippen LogP contribution in [-0.2, 0) is 6.42 Å². The monoisotopic (exact) mass is 342 g/mol. The van der Waals surface area contributed by atoms with Crippen molar-refractivity contribution in [1.29, 1.82) is 0 Å². The highest BCUT2D eigenvalue weighted by Crippen LogP contribution is 2.20. The maximum Gasteiger partial charge on any atom is 0.167 e. The summed E-state index contributed by atoms with van der Waals surface area (Å²) >= 11 is 3.14. The van der Waals surface area contributed by atoms with Gasteiger partial charge in [0.1, 0.15) is 5.82 Å². The van der Waals surface area contributed by atoms with Crippen molar-refractivity contribution < 1.29 is 9.18 Å². The summed E-state index contributed by atoms with van der Waals surface area (Å²) in [6, 6.07) is 18.3. The van der Waals surface area contributed by atoms with Crippen molar-refractivity contribution >= 4 is 32.5 Å². The Morgan fingerprint density at radius 2 is 1.71 bits per heavy atom. The Morgan fingerprint density at radius 3 is 2.48 bits per heavy atom. The molecule has 0 unspecified atom stereocenters. The van der Waals surface area contributed by atoms with Crippen LogP contribution in [0.4, 0.5) is 4.39 Å². The first-order valence-electron chi connectivity index (χ1n) is 6.59. The van der Waals surface area contributed by atoms with Gasteiger partial charge in [-0.05, 0) is 50.5 Å². The second-order valence-corrected chi connectivity index (χ2v) is 5.76. The van der Waals surface area contributed by atoms with Gasteiger partial charge in [-0.1, -0.05) is 42.5 Å². The zero-order valence-corrected chi connectivity index (χ0v) is 12.7. The molecule has 3 rings (SSSR count). The standard InChI is InChI=1S/C18H12BrFO/c19-16-9-12(5-8-17(16)20)10-18(21)15-7-6-13-3-1-2-4-14(13)11-15/h1-9,11H,10H2. The van der Waals surface area contributed by atoms with Crippen LogP contribution in [0.5, 0.6) is 0 Å². The first-order valence-corrected chi connectivity index (χ1v) is 7.39. The lowest BCUT2D eigenvalue weighted by molar-refractivity contribution is 0.0993. The van der Waals surface area contributed by atoms with Gasteiger partial charge in [-0.15, -0.1) is 0 Å². The molecule has 0 saturated heterocycles. The third kappa shape index (κ3) is 3.03. The molecule has 0 amide bonds. The Hall–Kier alpha value is -2.00. The van der Waals surface area contributed by atoms with Gasteiger partial charge in [0, 0.05) is 12.0 Å². The molecule has 0 saturated carbocycles. The van der Waals surface area contributed by atoms with E-state index in [-0.39, 0.29) is 18.0 Å². The summed E-state index contributed by atoms with van der Waals surface area (Å²) in [7, 11) is 0. The molecule has 0 aliphatic carbocycles. The number of carbonyl (C=O) groups is 1. The Kier molecular flexibility index (Phi) is 3.84. The quantitative estimate of drug-likeness (QED) is 0.600. The Bertz CT molecular complexity index is 826. The molecule has 0 aliphatic rings. The van der Waals surface area contributed by atoms with E-state index in [1.807, 2.05) is 42.5 Å². The van der Waals surface area contributed by atoms with E-state index in [1.165, 1.54) is 6.07 Å². The number of rotatable bonds is 3. The number of halogens is 2. The van der Waals surface area contributed by atoms with Crippen LogP contribution < -0.4 is 0 Å². The molecule has 3 aromatic rings. The van der Waals surface area contributed by atoms with Crippen LogP contribution >= 0.6 is 15.9 Å². The molecular weight excluding hydrogens is 331 g/mol. The van der Waals surface area contributed by atoms with Gasteiger partial charge in [0.2, 0.25) is 0 Å². The highest BCUT2D eigenvalue weighted by Gasteiger charge is 2.09. The molecule has 104 valence electrons. The van der Waals surface area contributed by atoms with Gasteiger partial charge in [0.05, 0.1) is 4.47 Å². The minimum absolute atomic E-state index is 0.0271. The van der Waals surface area contributed by atoms with Crippen LogP contribution in [0.25, 0.3) is 10.8 Å². The predicted molar refractivity (Wildman–Crippen MR) is 86.1 cm³/mol. The summed E-state index contributed by atoms with van der Waals surface area (Å²) < 4.78 is 13.6. The van der Waals surface area contributed by atoms with Gasteiger partial charge >= 0.3 is 0 Å². The summed E-state index contributed by atoms with van der Waals surface area (Å²) in [4.78, 5) is 12.3. The average molecular weight is 343 g/mol. The third-order valence-electron chi connectivity index (χ3n) is 3.42. The van der Waals surface area contributed by atoms with Crippen LogP contribution in [0.3, 0.4) is 0 Å². The number of Topliss-reactive ketones (excluding diaryl/α,β-unsaturated/α-hetero) is 1. The molecule has 0 fully saturated rings. The molecule has 0 atom stereocenters. The Balaban J connectivity index is 1.87. The number of hydrogen-bond donors (Lipinski definition) is 0. The number of fused-ring (bicyclic) bond motifs is 1. The van der Waals surface area contributed by atoms with Crippen molar-refractivity contribution in [2.75, 3.05) is 0 Å². The SMILES string of the molecule is O=C(Cc1ccc(F)c(Br)c1)c1ccc2ccccc2c1. The largest absolute Gasteiger partial charge is 0.294 e. The normalized spacial score (nSPS) is 10.8. The van der Waals surface area contributed by atoms with E-state index in [1.54, 1.807) is 12.1 Å². The highest BCUT2D eigenvalue weighted by molar-refractivity contribution is 9.10. The molecule has 0 N–H and O–H groups in total. The van der Waals surface area contributed by atoms with Gasteiger partial charge in [0.15, 0.2) is 5.78 Å². The molecule has 21 heavy (non-hydrogen) atoms. The minimum atomic E-state index is -0.322. The van der Waals surface area contributed by atoms with Gasteiger partial charge in [0.25, 0.3) is 0 Å². The van der Waals surface area contributed by atoms with E-state index >= 15 is 0 Å². The zero-order valence-electron chi connectivity index (χ0n) is 11.1. The smallest absolute Gasteiger partial charge is 0.167 e. The molecule has 3 heteroatoms. The zero-order chi connectivity index (χ0) is 14.8. The molecule has 0 heterocycles. The lowest BCUT2D eigenvalue weighted by atomic mass is 10.00. The third-order valence-corrected chi connectivity index (χ3v) is 4.03. The maximum absolute atomic E-state index is 13.2. The van der Waals surface area contributed by atoms with E-state index in [9.17, 15) is 9.18 Å². The fourth-order valence-electron chi connectivity index (χ4n) is 2.30. The van der Waals surface area contributed by atoms with E-state index in [4.69, 9.17) is 0 Å². The van der Waals surface area contributed by atoms with Crippen LogP contribution in [0, 0.1) is 5.82 Å². The summed E-state index contributed by atoms with van der Waals surface area (Å²) in [6.07, 6.45) is 0.261. The van der Waals surface area contributed by atoms with Crippen LogP contribution in [0.15, 0.2) is 65.1 Å². The minimum Gasteiger partial charge on any atom is -0.294 e.